The summed E-state index contributed by atoms with van der Waals surface area (Å²) in [4.78, 5) is 21.3. The monoisotopic (exact) mass is 236 g/mol. The van der Waals surface area contributed by atoms with Gasteiger partial charge in [0.05, 0.1) is 9.06 Å². The van der Waals surface area contributed by atoms with Crippen molar-refractivity contribution in [1.82, 2.24) is 0 Å². The Labute approximate surface area is 76.0 Å². The van der Waals surface area contributed by atoms with Crippen LogP contribution in [0.5, 0.6) is 0 Å². The van der Waals surface area contributed by atoms with Gasteiger partial charge in [-0.1, -0.05) is 22.0 Å². The number of hydrogen-bond donors (Lipinski definition) is 1. The van der Waals surface area contributed by atoms with E-state index in [0.717, 1.165) is 0 Å². The second kappa shape index (κ2) is 3.40. The molecular formula is C6H5BrO3S. The zero-order valence-electron chi connectivity index (χ0n) is 5.41. The SMILES string of the molecule is O=C(O)C(=O)C1=CCC(Br)S1. The Morgan fingerprint density at radius 1 is 1.73 bits per heavy atom. The first-order chi connectivity index (χ1) is 5.11. The van der Waals surface area contributed by atoms with Gasteiger partial charge in [0.15, 0.2) is 0 Å². The van der Waals surface area contributed by atoms with Crippen molar-refractivity contribution in [3.63, 3.8) is 0 Å². The van der Waals surface area contributed by atoms with Gasteiger partial charge in [0.25, 0.3) is 5.78 Å². The van der Waals surface area contributed by atoms with E-state index in [2.05, 4.69) is 15.9 Å². The number of rotatable bonds is 2. The fourth-order valence-corrected chi connectivity index (χ4v) is 2.33. The molecule has 1 unspecified atom stereocenters. The predicted molar refractivity (Wildman–Crippen MR) is 45.6 cm³/mol. The molecule has 0 bridgehead atoms. The van der Waals surface area contributed by atoms with Gasteiger partial charge >= 0.3 is 5.97 Å². The summed E-state index contributed by atoms with van der Waals surface area (Å²) >= 11 is 4.51. The molecule has 0 radical (unpaired) electrons. The van der Waals surface area contributed by atoms with Crippen LogP contribution in [0.1, 0.15) is 6.42 Å². The third kappa shape index (κ3) is 2.07. The lowest BCUT2D eigenvalue weighted by Gasteiger charge is -1.96. The predicted octanol–water partition coefficient (Wildman–Crippen LogP) is 1.38. The number of alkyl halides is 1. The van der Waals surface area contributed by atoms with Crippen LogP contribution >= 0.6 is 27.7 Å². The number of carbonyl (C=O) groups is 2. The zero-order valence-corrected chi connectivity index (χ0v) is 7.81. The average molecular weight is 237 g/mol. The molecule has 1 aliphatic rings. The second-order valence-corrected chi connectivity index (χ2v) is 4.92. The fraction of sp³-hybridized carbons (Fsp3) is 0.333. The number of carbonyl (C=O) groups excluding carboxylic acids is 1. The van der Waals surface area contributed by atoms with Gasteiger partial charge in [0, 0.05) is 0 Å². The molecule has 0 aromatic carbocycles. The third-order valence-corrected chi connectivity index (χ3v) is 3.15. The van der Waals surface area contributed by atoms with Gasteiger partial charge in [-0.05, 0) is 6.42 Å². The summed E-state index contributed by atoms with van der Waals surface area (Å²) in [5.74, 6) is -2.19. The van der Waals surface area contributed by atoms with Crippen LogP contribution in [-0.4, -0.2) is 21.0 Å². The van der Waals surface area contributed by atoms with Crippen molar-refractivity contribution in [2.45, 2.75) is 10.6 Å². The molecule has 1 aliphatic heterocycles. The molecule has 0 aromatic rings. The molecule has 0 saturated heterocycles. The number of carboxylic acids is 1. The van der Waals surface area contributed by atoms with E-state index >= 15 is 0 Å². The lowest BCUT2D eigenvalue weighted by Crippen LogP contribution is -2.12. The van der Waals surface area contributed by atoms with Crippen LogP contribution in [-0.2, 0) is 9.59 Å². The molecule has 60 valence electrons. The Kier molecular flexibility index (Phi) is 2.72. The second-order valence-electron chi connectivity index (χ2n) is 1.97. The van der Waals surface area contributed by atoms with E-state index in [1.165, 1.54) is 11.8 Å². The van der Waals surface area contributed by atoms with Gasteiger partial charge in [-0.2, -0.15) is 0 Å². The highest BCUT2D eigenvalue weighted by Gasteiger charge is 2.24. The first kappa shape index (κ1) is 8.80. The number of ketones is 1. The average Bonchev–Trinajstić information content (AvgIpc) is 2.34. The van der Waals surface area contributed by atoms with Gasteiger partial charge in [-0.25, -0.2) is 4.79 Å². The summed E-state index contributed by atoms with van der Waals surface area (Å²) in [5, 5.41) is 8.31. The van der Waals surface area contributed by atoms with Gasteiger partial charge in [-0.15, -0.1) is 11.8 Å². The fourth-order valence-electron chi connectivity index (χ4n) is 0.685. The maximum Gasteiger partial charge on any atom is 0.377 e. The molecule has 1 heterocycles. The number of Topliss-reactive ketones (excluding diaryl/α,β-unsaturated/α-hetero) is 1. The Balaban J connectivity index is 2.63. The minimum Gasteiger partial charge on any atom is -0.475 e. The normalized spacial score (nSPS) is 23.0. The minimum atomic E-state index is -1.38. The summed E-state index contributed by atoms with van der Waals surface area (Å²) in [6.45, 7) is 0. The van der Waals surface area contributed by atoms with Crippen LogP contribution in [0, 0.1) is 0 Å². The summed E-state index contributed by atoms with van der Waals surface area (Å²) in [6.07, 6.45) is 2.35. The Morgan fingerprint density at radius 2 is 2.36 bits per heavy atom. The van der Waals surface area contributed by atoms with E-state index in [1.54, 1.807) is 6.08 Å². The molecule has 0 spiro atoms. The number of aliphatic carboxylic acids is 1. The highest BCUT2D eigenvalue weighted by molar-refractivity contribution is 9.11. The van der Waals surface area contributed by atoms with Gasteiger partial charge in [0.1, 0.15) is 0 Å². The highest BCUT2D eigenvalue weighted by atomic mass is 79.9. The van der Waals surface area contributed by atoms with Crippen LogP contribution in [0.15, 0.2) is 11.0 Å². The number of allylic oxidation sites excluding steroid dienone is 1. The Hall–Kier alpha value is -0.290. The van der Waals surface area contributed by atoms with Crippen LogP contribution in [0.25, 0.3) is 0 Å². The standard InChI is InChI=1S/C6H5BrO3S/c7-4-2-1-3(11-4)5(8)6(9)10/h1,4H,2H2,(H,9,10). The van der Waals surface area contributed by atoms with Gasteiger partial charge in [-0.3, -0.25) is 4.79 Å². The van der Waals surface area contributed by atoms with E-state index in [-0.39, 0.29) is 4.16 Å². The molecule has 1 N–H and O–H groups in total. The van der Waals surface area contributed by atoms with E-state index in [9.17, 15) is 9.59 Å². The quantitative estimate of drug-likeness (QED) is 0.582. The molecular weight excluding hydrogens is 232 g/mol. The third-order valence-electron chi connectivity index (χ3n) is 1.16. The van der Waals surface area contributed by atoms with Crippen molar-refractivity contribution < 1.29 is 14.7 Å². The number of thioether (sulfide) groups is 1. The Bertz CT molecular complexity index is 236. The minimum absolute atomic E-state index is 0.154. The van der Waals surface area contributed by atoms with Crippen LogP contribution in [0.3, 0.4) is 0 Å². The molecule has 1 atom stereocenters. The maximum atomic E-state index is 10.8. The van der Waals surface area contributed by atoms with E-state index in [4.69, 9.17) is 5.11 Å². The van der Waals surface area contributed by atoms with E-state index < -0.39 is 11.8 Å². The molecule has 0 saturated carbocycles. The number of halogens is 1. The largest absolute Gasteiger partial charge is 0.475 e. The summed E-state index contributed by atoms with van der Waals surface area (Å²) < 4.78 is 0.154. The first-order valence-corrected chi connectivity index (χ1v) is 4.69. The zero-order chi connectivity index (χ0) is 8.43. The molecule has 5 heteroatoms. The van der Waals surface area contributed by atoms with Crippen LogP contribution < -0.4 is 0 Å². The van der Waals surface area contributed by atoms with E-state index in [0.29, 0.717) is 11.3 Å². The van der Waals surface area contributed by atoms with Crippen molar-refractivity contribution in [3.05, 3.63) is 11.0 Å². The van der Waals surface area contributed by atoms with Crippen molar-refractivity contribution in [1.29, 1.82) is 0 Å². The molecule has 3 nitrogen and oxygen atoms in total. The number of carboxylic acid groups (broad SMARTS) is 1. The Morgan fingerprint density at radius 3 is 2.73 bits per heavy atom. The van der Waals surface area contributed by atoms with Crippen molar-refractivity contribution >= 4 is 39.4 Å². The van der Waals surface area contributed by atoms with Gasteiger partial charge in [0.2, 0.25) is 0 Å². The maximum absolute atomic E-state index is 10.8. The first-order valence-electron chi connectivity index (χ1n) is 2.90. The van der Waals surface area contributed by atoms with Crippen molar-refractivity contribution in [2.24, 2.45) is 0 Å². The smallest absolute Gasteiger partial charge is 0.377 e. The van der Waals surface area contributed by atoms with Gasteiger partial charge < -0.3 is 5.11 Å². The summed E-state index contributed by atoms with van der Waals surface area (Å²) in [7, 11) is 0. The topological polar surface area (TPSA) is 54.4 Å². The molecule has 0 fully saturated rings. The van der Waals surface area contributed by atoms with Crippen molar-refractivity contribution in [3.8, 4) is 0 Å². The summed E-state index contributed by atoms with van der Waals surface area (Å²) in [6, 6.07) is 0. The molecule has 0 aromatic heterocycles. The van der Waals surface area contributed by atoms with E-state index in [1.807, 2.05) is 0 Å². The lowest BCUT2D eigenvalue weighted by atomic mass is 10.3. The van der Waals surface area contributed by atoms with Crippen LogP contribution in [0.2, 0.25) is 0 Å². The summed E-state index contributed by atoms with van der Waals surface area (Å²) in [5.41, 5.74) is 0. The highest BCUT2D eigenvalue weighted by Crippen LogP contribution is 2.36. The molecule has 1 rings (SSSR count). The molecule has 0 aliphatic carbocycles. The molecule has 0 amide bonds. The number of hydrogen-bond acceptors (Lipinski definition) is 3. The lowest BCUT2D eigenvalue weighted by molar-refractivity contribution is -0.146. The molecule has 11 heavy (non-hydrogen) atoms. The van der Waals surface area contributed by atoms with Crippen molar-refractivity contribution in [2.75, 3.05) is 0 Å². The van der Waals surface area contributed by atoms with Crippen LogP contribution in [0.4, 0.5) is 0 Å².